The van der Waals surface area contributed by atoms with E-state index in [2.05, 4.69) is 83.4 Å². The summed E-state index contributed by atoms with van der Waals surface area (Å²) in [6.07, 6.45) is 2.76. The molecule has 3 nitrogen and oxygen atoms in total. The molecule has 3 atom stereocenters. The summed E-state index contributed by atoms with van der Waals surface area (Å²) in [5.74, 6) is 0. The minimum atomic E-state index is -1.87. The van der Waals surface area contributed by atoms with E-state index in [0.29, 0.717) is 6.04 Å². The first-order valence-electron chi connectivity index (χ1n) is 9.03. The molecule has 2 fully saturated rings. The van der Waals surface area contributed by atoms with Crippen LogP contribution in [0.5, 0.6) is 0 Å². The van der Waals surface area contributed by atoms with E-state index in [-0.39, 0.29) is 6.10 Å². The molecular weight excluding hydrogens is 343 g/mol. The van der Waals surface area contributed by atoms with Crippen molar-refractivity contribution in [2.24, 2.45) is 4.76 Å². The van der Waals surface area contributed by atoms with E-state index in [4.69, 9.17) is 4.52 Å². The fourth-order valence-corrected chi connectivity index (χ4v) is 9.92. The maximum atomic E-state index is 6.41. The molecule has 2 saturated heterocycles. The molecule has 0 spiro atoms. The van der Waals surface area contributed by atoms with Crippen LogP contribution >= 0.6 is 8.45 Å². The van der Waals surface area contributed by atoms with Crippen molar-refractivity contribution in [1.82, 2.24) is 4.67 Å². The van der Waals surface area contributed by atoms with Crippen LogP contribution in [0.1, 0.15) is 12.8 Å². The monoisotopic (exact) mass is 368 g/mol. The summed E-state index contributed by atoms with van der Waals surface area (Å²) in [5.41, 5.74) is 0. The van der Waals surface area contributed by atoms with Gasteiger partial charge in [-0.05, 0) is 25.6 Å². The lowest BCUT2D eigenvalue weighted by Gasteiger charge is -2.32. The van der Waals surface area contributed by atoms with Gasteiger partial charge in [-0.25, -0.2) is 9.43 Å². The Bertz CT molecular complexity index is 687. The average molecular weight is 368 g/mol. The lowest BCUT2D eigenvalue weighted by molar-refractivity contribution is 0.230. The maximum Gasteiger partial charge on any atom is 0.238 e. The highest BCUT2D eigenvalue weighted by Gasteiger charge is 2.48. The van der Waals surface area contributed by atoms with Crippen LogP contribution in [0.2, 0.25) is 12.6 Å². The summed E-state index contributed by atoms with van der Waals surface area (Å²) in [6, 6.07) is 23.7. The standard InChI is InChI=1S/C20H25N2OPSi/c1-21-24-22-15-9-14-19(22)20(23-24)16-25(2,17-10-5-3-6-11-17)18-12-7-4-8-13-18/h3-8,10-13,19-20H,1,9,14-16H2,2H3/t19-,20+,24+/m1/s1. The lowest BCUT2D eigenvalue weighted by atomic mass is 10.1. The Balaban J connectivity index is 1.69. The predicted molar refractivity (Wildman–Crippen MR) is 110 cm³/mol. The second-order valence-corrected chi connectivity index (χ2v) is 12.9. The van der Waals surface area contributed by atoms with Crippen molar-refractivity contribution in [3.8, 4) is 0 Å². The van der Waals surface area contributed by atoms with Crippen molar-refractivity contribution in [3.05, 3.63) is 60.7 Å². The Morgan fingerprint density at radius 1 is 1.12 bits per heavy atom. The third-order valence-corrected chi connectivity index (χ3v) is 11.8. The minimum Gasteiger partial charge on any atom is -0.321 e. The van der Waals surface area contributed by atoms with Crippen LogP contribution < -0.4 is 10.4 Å². The maximum absolute atomic E-state index is 6.41. The number of rotatable bonds is 5. The van der Waals surface area contributed by atoms with Crippen molar-refractivity contribution in [2.75, 3.05) is 6.54 Å². The molecule has 4 rings (SSSR count). The minimum absolute atomic E-state index is 0.274. The van der Waals surface area contributed by atoms with Crippen molar-refractivity contribution < 1.29 is 4.52 Å². The number of hydrogen-bond donors (Lipinski definition) is 0. The van der Waals surface area contributed by atoms with Gasteiger partial charge in [-0.3, -0.25) is 0 Å². The van der Waals surface area contributed by atoms with E-state index in [1.54, 1.807) is 0 Å². The van der Waals surface area contributed by atoms with Gasteiger partial charge in [0.2, 0.25) is 8.45 Å². The fraction of sp³-hybridized carbons (Fsp3) is 0.350. The molecule has 0 saturated carbocycles. The highest BCUT2D eigenvalue weighted by Crippen LogP contribution is 2.56. The van der Waals surface area contributed by atoms with E-state index in [9.17, 15) is 0 Å². The highest BCUT2D eigenvalue weighted by molar-refractivity contribution is 7.49. The zero-order valence-electron chi connectivity index (χ0n) is 14.7. The van der Waals surface area contributed by atoms with Gasteiger partial charge in [-0.15, -0.1) is 0 Å². The molecule has 25 heavy (non-hydrogen) atoms. The fourth-order valence-electron chi connectivity index (χ4n) is 4.32. The van der Waals surface area contributed by atoms with Crippen LogP contribution in [-0.2, 0) is 4.52 Å². The van der Waals surface area contributed by atoms with Crippen LogP contribution in [0, 0.1) is 0 Å². The highest BCUT2D eigenvalue weighted by atomic mass is 31.2. The molecule has 0 amide bonds. The van der Waals surface area contributed by atoms with Crippen molar-refractivity contribution >= 4 is 33.6 Å². The largest absolute Gasteiger partial charge is 0.321 e. The van der Waals surface area contributed by atoms with Crippen LogP contribution in [-0.4, -0.2) is 38.2 Å². The van der Waals surface area contributed by atoms with Gasteiger partial charge in [0.25, 0.3) is 0 Å². The molecule has 2 aliphatic rings. The predicted octanol–water partition coefficient (Wildman–Crippen LogP) is 3.67. The van der Waals surface area contributed by atoms with Gasteiger partial charge in [-0.2, -0.15) is 0 Å². The molecule has 0 aromatic heterocycles. The summed E-state index contributed by atoms with van der Waals surface area (Å²) in [4.78, 5) is 0. The number of fused-ring (bicyclic) bond motifs is 1. The van der Waals surface area contributed by atoms with E-state index < -0.39 is 16.5 Å². The first-order chi connectivity index (χ1) is 12.2. The summed E-state index contributed by atoms with van der Waals surface area (Å²) in [6.45, 7) is 7.37. The third kappa shape index (κ3) is 3.13. The lowest BCUT2D eigenvalue weighted by Crippen LogP contribution is -2.58. The van der Waals surface area contributed by atoms with Gasteiger partial charge in [0.05, 0.1) is 6.10 Å². The van der Waals surface area contributed by atoms with Gasteiger partial charge in [0, 0.05) is 12.6 Å². The Hall–Kier alpha value is -1.32. The zero-order valence-corrected chi connectivity index (χ0v) is 16.6. The summed E-state index contributed by atoms with van der Waals surface area (Å²) in [7, 11) is -2.72. The molecule has 0 radical (unpaired) electrons. The first kappa shape index (κ1) is 17.1. The molecule has 2 aliphatic heterocycles. The Morgan fingerprint density at radius 3 is 2.28 bits per heavy atom. The zero-order chi connectivity index (χ0) is 17.3. The number of nitrogens with zero attached hydrogens (tertiary/aromatic N) is 2. The normalized spacial score (nSPS) is 26.5. The van der Waals surface area contributed by atoms with Crippen LogP contribution in [0.3, 0.4) is 0 Å². The van der Waals surface area contributed by atoms with Crippen molar-refractivity contribution in [2.45, 2.75) is 37.6 Å². The van der Waals surface area contributed by atoms with Gasteiger partial charge in [-0.1, -0.05) is 77.6 Å². The molecule has 5 heteroatoms. The molecule has 2 aromatic rings. The van der Waals surface area contributed by atoms with Crippen LogP contribution in [0.15, 0.2) is 65.4 Å². The first-order valence-corrected chi connectivity index (χ1v) is 12.9. The Labute approximate surface area is 152 Å². The van der Waals surface area contributed by atoms with Crippen molar-refractivity contribution in [3.63, 3.8) is 0 Å². The third-order valence-electron chi connectivity index (χ3n) is 5.70. The molecule has 0 N–H and O–H groups in total. The second kappa shape index (κ2) is 7.12. The molecular formula is C20H25N2OPSi. The SMILES string of the molecule is C=N[P@]1O[C@@H](C[Si](C)(c2ccccc2)c2ccccc2)[C@H]2CCCN21. The quantitative estimate of drug-likeness (QED) is 0.457. The van der Waals surface area contributed by atoms with E-state index in [1.807, 2.05) is 0 Å². The number of hydrogen-bond acceptors (Lipinski definition) is 3. The van der Waals surface area contributed by atoms with Gasteiger partial charge >= 0.3 is 0 Å². The number of benzene rings is 2. The van der Waals surface area contributed by atoms with E-state index in [0.717, 1.165) is 12.6 Å². The van der Waals surface area contributed by atoms with Crippen molar-refractivity contribution in [1.29, 1.82) is 0 Å². The second-order valence-electron chi connectivity index (χ2n) is 7.18. The Kier molecular flexibility index (Phi) is 4.87. The van der Waals surface area contributed by atoms with E-state index in [1.165, 1.54) is 23.2 Å². The summed E-state index contributed by atoms with van der Waals surface area (Å²) < 4.78 is 13.2. The smallest absolute Gasteiger partial charge is 0.238 e. The average Bonchev–Trinajstić information content (AvgIpc) is 3.27. The summed E-state index contributed by atoms with van der Waals surface area (Å²) >= 11 is 0. The van der Waals surface area contributed by atoms with E-state index >= 15 is 0 Å². The molecule has 130 valence electrons. The molecule has 0 unspecified atom stereocenters. The Morgan fingerprint density at radius 2 is 1.72 bits per heavy atom. The topological polar surface area (TPSA) is 24.8 Å². The van der Waals surface area contributed by atoms with Gasteiger partial charge in [0.15, 0.2) is 0 Å². The van der Waals surface area contributed by atoms with Crippen LogP contribution in [0.4, 0.5) is 0 Å². The molecule has 2 aromatic carbocycles. The van der Waals surface area contributed by atoms with Gasteiger partial charge < -0.3 is 4.52 Å². The molecule has 2 heterocycles. The van der Waals surface area contributed by atoms with Crippen LogP contribution in [0.25, 0.3) is 0 Å². The summed E-state index contributed by atoms with van der Waals surface area (Å²) in [5, 5.41) is 2.97. The van der Waals surface area contributed by atoms with Gasteiger partial charge in [0.1, 0.15) is 8.07 Å². The molecule has 0 bridgehead atoms. The molecule has 0 aliphatic carbocycles.